The molecular formula is C12H25NO5S. The molecule has 0 amide bonds. The van der Waals surface area contributed by atoms with Crippen LogP contribution in [0.3, 0.4) is 0 Å². The molecule has 0 saturated carbocycles. The van der Waals surface area contributed by atoms with Gasteiger partial charge in [0.25, 0.3) is 0 Å². The number of rotatable bonds is 11. The van der Waals surface area contributed by atoms with E-state index in [1.54, 1.807) is 0 Å². The topological polar surface area (TPSA) is 81.7 Å². The SMILES string of the molecule is COC(=O)CCCS(=O)(=O)NCCOCCC(C)C. The first kappa shape index (κ1) is 18.3. The van der Waals surface area contributed by atoms with Gasteiger partial charge in [0.2, 0.25) is 10.0 Å². The molecule has 0 aliphatic heterocycles. The third kappa shape index (κ3) is 12.1. The second kappa shape index (κ2) is 10.2. The lowest BCUT2D eigenvalue weighted by Gasteiger charge is -2.08. The molecule has 114 valence electrons. The number of hydrogen-bond donors (Lipinski definition) is 1. The van der Waals surface area contributed by atoms with E-state index in [-0.39, 0.29) is 25.1 Å². The number of esters is 1. The average Bonchev–Trinajstić information content (AvgIpc) is 2.32. The minimum atomic E-state index is -3.33. The summed E-state index contributed by atoms with van der Waals surface area (Å²) in [5, 5.41) is 0. The van der Waals surface area contributed by atoms with Gasteiger partial charge >= 0.3 is 5.97 Å². The largest absolute Gasteiger partial charge is 0.469 e. The fourth-order valence-corrected chi connectivity index (χ4v) is 2.33. The molecule has 0 unspecified atom stereocenters. The molecule has 0 rings (SSSR count). The predicted molar refractivity (Wildman–Crippen MR) is 73.3 cm³/mol. The van der Waals surface area contributed by atoms with Crippen molar-refractivity contribution >= 4 is 16.0 Å². The molecule has 0 aromatic heterocycles. The maximum Gasteiger partial charge on any atom is 0.305 e. The standard InChI is InChI=1S/C12H25NO5S/c1-11(2)6-8-18-9-7-13-19(15,16)10-4-5-12(14)17-3/h11,13H,4-10H2,1-3H3. The second-order valence-corrected chi connectivity index (χ2v) is 6.61. The van der Waals surface area contributed by atoms with E-state index in [9.17, 15) is 13.2 Å². The van der Waals surface area contributed by atoms with Crippen molar-refractivity contribution in [1.82, 2.24) is 4.72 Å². The minimum Gasteiger partial charge on any atom is -0.469 e. The Morgan fingerprint density at radius 3 is 2.53 bits per heavy atom. The molecule has 0 aliphatic rings. The molecule has 0 aromatic carbocycles. The zero-order valence-electron chi connectivity index (χ0n) is 12.0. The van der Waals surface area contributed by atoms with Gasteiger partial charge in [-0.1, -0.05) is 13.8 Å². The van der Waals surface area contributed by atoms with Gasteiger partial charge in [0.15, 0.2) is 0 Å². The summed E-state index contributed by atoms with van der Waals surface area (Å²) in [6, 6.07) is 0. The summed E-state index contributed by atoms with van der Waals surface area (Å²) in [6.45, 7) is 5.48. The molecule has 19 heavy (non-hydrogen) atoms. The highest BCUT2D eigenvalue weighted by atomic mass is 32.2. The van der Waals surface area contributed by atoms with Crippen LogP contribution in [-0.4, -0.2) is 47.0 Å². The third-order valence-electron chi connectivity index (χ3n) is 2.43. The van der Waals surface area contributed by atoms with Crippen molar-refractivity contribution in [1.29, 1.82) is 0 Å². The first-order valence-electron chi connectivity index (χ1n) is 6.49. The van der Waals surface area contributed by atoms with Gasteiger partial charge in [-0.2, -0.15) is 0 Å². The Balaban J connectivity index is 3.60. The van der Waals surface area contributed by atoms with Gasteiger partial charge in [-0.05, 0) is 18.8 Å². The molecule has 0 radical (unpaired) electrons. The summed E-state index contributed by atoms with van der Waals surface area (Å²) in [4.78, 5) is 10.8. The Morgan fingerprint density at radius 1 is 1.26 bits per heavy atom. The third-order valence-corrected chi connectivity index (χ3v) is 3.90. The molecule has 1 N–H and O–H groups in total. The van der Waals surface area contributed by atoms with Crippen LogP contribution in [0.4, 0.5) is 0 Å². The van der Waals surface area contributed by atoms with E-state index >= 15 is 0 Å². The fraction of sp³-hybridized carbons (Fsp3) is 0.917. The summed E-state index contributed by atoms with van der Waals surface area (Å²) in [5.74, 6) is 0.107. The van der Waals surface area contributed by atoms with Crippen LogP contribution in [0.5, 0.6) is 0 Å². The zero-order chi connectivity index (χ0) is 14.7. The number of methoxy groups -OCH3 is 1. The maximum atomic E-state index is 11.5. The predicted octanol–water partition coefficient (Wildman–Crippen LogP) is 0.922. The first-order valence-corrected chi connectivity index (χ1v) is 8.14. The van der Waals surface area contributed by atoms with Crippen molar-refractivity contribution in [3.63, 3.8) is 0 Å². The van der Waals surface area contributed by atoms with E-state index in [1.165, 1.54) is 7.11 Å². The molecule has 0 saturated heterocycles. The summed E-state index contributed by atoms with van der Waals surface area (Å²) in [7, 11) is -2.05. The van der Waals surface area contributed by atoms with Crippen molar-refractivity contribution in [3.05, 3.63) is 0 Å². The summed E-state index contributed by atoms with van der Waals surface area (Å²) < 4.78 is 35.2. The van der Waals surface area contributed by atoms with Crippen LogP contribution in [-0.2, 0) is 24.3 Å². The number of hydrogen-bond acceptors (Lipinski definition) is 5. The molecule has 7 heteroatoms. The molecule has 0 atom stereocenters. The van der Waals surface area contributed by atoms with Crippen molar-refractivity contribution in [3.8, 4) is 0 Å². The first-order chi connectivity index (χ1) is 8.87. The van der Waals surface area contributed by atoms with Crippen molar-refractivity contribution in [2.45, 2.75) is 33.1 Å². The lowest BCUT2D eigenvalue weighted by atomic mass is 10.1. The summed E-state index contributed by atoms with van der Waals surface area (Å²) in [6.07, 6.45) is 1.34. The van der Waals surface area contributed by atoms with Crippen LogP contribution in [0.15, 0.2) is 0 Å². The highest BCUT2D eigenvalue weighted by Crippen LogP contribution is 1.99. The second-order valence-electron chi connectivity index (χ2n) is 4.69. The van der Waals surface area contributed by atoms with E-state index in [0.717, 1.165) is 6.42 Å². The zero-order valence-corrected chi connectivity index (χ0v) is 12.8. The molecular weight excluding hydrogens is 270 g/mol. The Labute approximate surface area is 115 Å². The van der Waals surface area contributed by atoms with Crippen molar-refractivity contribution < 1.29 is 22.7 Å². The van der Waals surface area contributed by atoms with Gasteiger partial charge in [0, 0.05) is 19.6 Å². The number of carbonyl (C=O) groups excluding carboxylic acids is 1. The highest BCUT2D eigenvalue weighted by molar-refractivity contribution is 7.89. The van der Waals surface area contributed by atoms with Crippen LogP contribution < -0.4 is 4.72 Å². The van der Waals surface area contributed by atoms with Gasteiger partial charge in [0.1, 0.15) is 0 Å². The van der Waals surface area contributed by atoms with Crippen LogP contribution >= 0.6 is 0 Å². The monoisotopic (exact) mass is 295 g/mol. The van der Waals surface area contributed by atoms with Gasteiger partial charge in [-0.25, -0.2) is 13.1 Å². The summed E-state index contributed by atoms with van der Waals surface area (Å²) in [5.41, 5.74) is 0. The number of ether oxygens (including phenoxy) is 2. The van der Waals surface area contributed by atoms with E-state index in [2.05, 4.69) is 23.3 Å². The molecule has 0 fully saturated rings. The molecule has 0 heterocycles. The van der Waals surface area contributed by atoms with Gasteiger partial charge in [-0.3, -0.25) is 4.79 Å². The molecule has 0 bridgehead atoms. The van der Waals surface area contributed by atoms with E-state index in [4.69, 9.17) is 4.74 Å². The highest BCUT2D eigenvalue weighted by Gasteiger charge is 2.10. The fourth-order valence-electron chi connectivity index (χ4n) is 1.27. The van der Waals surface area contributed by atoms with Crippen LogP contribution in [0.1, 0.15) is 33.1 Å². The lowest BCUT2D eigenvalue weighted by Crippen LogP contribution is -2.30. The van der Waals surface area contributed by atoms with Gasteiger partial charge in [-0.15, -0.1) is 0 Å². The van der Waals surface area contributed by atoms with Crippen molar-refractivity contribution in [2.75, 3.05) is 32.6 Å². The van der Waals surface area contributed by atoms with Crippen molar-refractivity contribution in [2.24, 2.45) is 5.92 Å². The number of nitrogens with one attached hydrogen (secondary N) is 1. The van der Waals surface area contributed by atoms with Gasteiger partial charge < -0.3 is 9.47 Å². The average molecular weight is 295 g/mol. The Kier molecular flexibility index (Phi) is 9.81. The van der Waals surface area contributed by atoms with Crippen LogP contribution in [0.2, 0.25) is 0 Å². The van der Waals surface area contributed by atoms with E-state index in [0.29, 0.717) is 19.1 Å². The van der Waals surface area contributed by atoms with E-state index in [1.807, 2.05) is 0 Å². The Bertz CT molecular complexity index is 340. The molecule has 6 nitrogen and oxygen atoms in total. The van der Waals surface area contributed by atoms with Gasteiger partial charge in [0.05, 0.1) is 19.5 Å². The number of sulfonamides is 1. The molecule has 0 aromatic rings. The quantitative estimate of drug-likeness (QED) is 0.453. The normalized spacial score (nSPS) is 11.8. The lowest BCUT2D eigenvalue weighted by molar-refractivity contribution is -0.140. The Hall–Kier alpha value is -0.660. The van der Waals surface area contributed by atoms with Crippen LogP contribution in [0.25, 0.3) is 0 Å². The molecule has 0 spiro atoms. The maximum absolute atomic E-state index is 11.5. The Morgan fingerprint density at radius 2 is 1.95 bits per heavy atom. The summed E-state index contributed by atoms with van der Waals surface area (Å²) >= 11 is 0. The molecule has 0 aliphatic carbocycles. The van der Waals surface area contributed by atoms with Crippen LogP contribution in [0, 0.1) is 5.92 Å². The number of carbonyl (C=O) groups is 1. The minimum absolute atomic E-state index is 0.0753. The smallest absolute Gasteiger partial charge is 0.305 e. The van der Waals surface area contributed by atoms with E-state index < -0.39 is 16.0 Å².